The summed E-state index contributed by atoms with van der Waals surface area (Å²) in [4.78, 5) is 26.5. The Bertz CT molecular complexity index is 1090. The molecule has 8 nitrogen and oxygen atoms in total. The van der Waals surface area contributed by atoms with Crippen molar-refractivity contribution in [1.82, 2.24) is 24.6 Å². The monoisotopic (exact) mass is 434 g/mol. The predicted molar refractivity (Wildman–Crippen MR) is 124 cm³/mol. The van der Waals surface area contributed by atoms with Crippen LogP contribution in [-0.4, -0.2) is 64.9 Å². The third kappa shape index (κ3) is 4.17. The van der Waals surface area contributed by atoms with Crippen LogP contribution in [0.4, 0.5) is 5.95 Å². The van der Waals surface area contributed by atoms with E-state index in [0.717, 1.165) is 29.0 Å². The van der Waals surface area contributed by atoms with Gasteiger partial charge in [0.05, 0.1) is 12.8 Å². The van der Waals surface area contributed by atoms with Crippen LogP contribution in [0.3, 0.4) is 0 Å². The number of aromatic nitrogens is 4. The molecule has 0 radical (unpaired) electrons. The lowest BCUT2D eigenvalue weighted by Crippen LogP contribution is -2.31. The van der Waals surface area contributed by atoms with Crippen molar-refractivity contribution >= 4 is 11.9 Å². The highest BCUT2D eigenvalue weighted by atomic mass is 16.5. The molecule has 1 atom stereocenters. The fourth-order valence-corrected chi connectivity index (χ4v) is 4.13. The number of methoxy groups -OCH3 is 1. The normalized spacial score (nSPS) is 15.9. The number of hydrogen-bond acceptors (Lipinski definition) is 6. The lowest BCUT2D eigenvalue weighted by Gasteiger charge is -2.20. The van der Waals surface area contributed by atoms with Gasteiger partial charge in [-0.15, -0.1) is 0 Å². The van der Waals surface area contributed by atoms with E-state index in [9.17, 15) is 4.79 Å². The zero-order valence-electron chi connectivity index (χ0n) is 19.3. The smallest absolute Gasteiger partial charge is 0.272 e. The summed E-state index contributed by atoms with van der Waals surface area (Å²) < 4.78 is 7.08. The van der Waals surface area contributed by atoms with E-state index in [2.05, 4.69) is 10.1 Å². The second kappa shape index (κ2) is 8.98. The van der Waals surface area contributed by atoms with Crippen LogP contribution < -0.4 is 9.64 Å². The summed E-state index contributed by atoms with van der Waals surface area (Å²) in [5, 5.41) is 4.32. The van der Waals surface area contributed by atoms with Crippen LogP contribution in [0.5, 0.6) is 5.75 Å². The van der Waals surface area contributed by atoms with Crippen LogP contribution in [0.1, 0.15) is 48.4 Å². The van der Waals surface area contributed by atoms with E-state index in [1.807, 2.05) is 68.2 Å². The van der Waals surface area contributed by atoms with Gasteiger partial charge < -0.3 is 14.5 Å². The molecule has 0 spiro atoms. The second-order valence-corrected chi connectivity index (χ2v) is 8.58. The van der Waals surface area contributed by atoms with Crippen molar-refractivity contribution in [3.05, 3.63) is 54.1 Å². The highest BCUT2D eigenvalue weighted by Gasteiger charge is 2.32. The van der Waals surface area contributed by atoms with E-state index in [1.165, 1.54) is 0 Å². The van der Waals surface area contributed by atoms with Crippen LogP contribution >= 0.6 is 0 Å². The van der Waals surface area contributed by atoms with E-state index in [4.69, 9.17) is 9.72 Å². The Labute approximate surface area is 188 Å². The number of hydrogen-bond donors (Lipinski definition) is 0. The molecule has 0 saturated carbocycles. The van der Waals surface area contributed by atoms with Gasteiger partial charge in [-0.05, 0) is 44.0 Å². The Morgan fingerprint density at radius 1 is 1.19 bits per heavy atom. The Hall–Kier alpha value is -3.42. The molecule has 32 heavy (non-hydrogen) atoms. The van der Waals surface area contributed by atoms with Gasteiger partial charge in [0.25, 0.3) is 5.91 Å². The first-order valence-corrected chi connectivity index (χ1v) is 10.9. The van der Waals surface area contributed by atoms with Gasteiger partial charge in [0.15, 0.2) is 0 Å². The Kier molecular flexibility index (Phi) is 6.12. The summed E-state index contributed by atoms with van der Waals surface area (Å²) in [7, 11) is 5.53. The van der Waals surface area contributed by atoms with Crippen molar-refractivity contribution in [2.45, 2.75) is 32.2 Å². The van der Waals surface area contributed by atoms with Crippen molar-refractivity contribution in [1.29, 1.82) is 0 Å². The lowest BCUT2D eigenvalue weighted by molar-refractivity contribution is 0.0776. The van der Waals surface area contributed by atoms with Crippen LogP contribution in [0, 0.1) is 0 Å². The van der Waals surface area contributed by atoms with Gasteiger partial charge >= 0.3 is 0 Å². The van der Waals surface area contributed by atoms with Crippen LogP contribution in [0.15, 0.2) is 42.7 Å². The van der Waals surface area contributed by atoms with Crippen molar-refractivity contribution < 1.29 is 9.53 Å². The quantitative estimate of drug-likeness (QED) is 0.590. The summed E-state index contributed by atoms with van der Waals surface area (Å²) in [6, 6.07) is 9.86. The second-order valence-electron chi connectivity index (χ2n) is 8.58. The van der Waals surface area contributed by atoms with Gasteiger partial charge in [0.1, 0.15) is 11.4 Å². The first kappa shape index (κ1) is 21.8. The Balaban J connectivity index is 1.64. The maximum absolute atomic E-state index is 13.2. The molecule has 2 aromatic heterocycles. The highest BCUT2D eigenvalue weighted by Crippen LogP contribution is 2.35. The van der Waals surface area contributed by atoms with Crippen molar-refractivity contribution in [2.24, 2.45) is 0 Å². The minimum atomic E-state index is 0.0200. The molecule has 0 bridgehead atoms. The SMILES string of the molecule is COc1ccc(-c2cnc(N(C)C)nc2[C@@H]2CCN(C(=O)c3ccnn3C(C)C)C2)cc1. The van der Waals surface area contributed by atoms with Crippen LogP contribution in [0.25, 0.3) is 11.1 Å². The Morgan fingerprint density at radius 3 is 2.59 bits per heavy atom. The molecule has 168 valence electrons. The highest BCUT2D eigenvalue weighted by molar-refractivity contribution is 5.92. The third-order valence-corrected chi connectivity index (χ3v) is 5.85. The van der Waals surface area contributed by atoms with Gasteiger partial charge in [-0.3, -0.25) is 9.48 Å². The van der Waals surface area contributed by atoms with Gasteiger partial charge in [-0.1, -0.05) is 12.1 Å². The minimum Gasteiger partial charge on any atom is -0.497 e. The number of anilines is 1. The third-order valence-electron chi connectivity index (χ3n) is 5.85. The summed E-state index contributed by atoms with van der Waals surface area (Å²) >= 11 is 0. The first-order valence-electron chi connectivity index (χ1n) is 10.9. The topological polar surface area (TPSA) is 76.4 Å². The van der Waals surface area contributed by atoms with E-state index >= 15 is 0 Å². The summed E-state index contributed by atoms with van der Waals surface area (Å²) in [5.41, 5.74) is 3.63. The maximum atomic E-state index is 13.2. The fourth-order valence-electron chi connectivity index (χ4n) is 4.13. The van der Waals surface area contributed by atoms with E-state index in [0.29, 0.717) is 24.7 Å². The number of rotatable bonds is 6. The average Bonchev–Trinajstić information content (AvgIpc) is 3.48. The lowest BCUT2D eigenvalue weighted by atomic mass is 9.96. The fraction of sp³-hybridized carbons (Fsp3) is 0.417. The number of nitrogens with zero attached hydrogens (tertiary/aromatic N) is 6. The summed E-state index contributed by atoms with van der Waals surface area (Å²) in [6.07, 6.45) is 4.43. The molecule has 1 amide bonds. The van der Waals surface area contributed by atoms with Crippen molar-refractivity contribution in [3.8, 4) is 16.9 Å². The van der Waals surface area contributed by atoms with Gasteiger partial charge in [0.2, 0.25) is 5.95 Å². The maximum Gasteiger partial charge on any atom is 0.272 e. The number of benzene rings is 1. The molecule has 4 rings (SSSR count). The average molecular weight is 435 g/mol. The molecule has 1 aliphatic rings. The first-order chi connectivity index (χ1) is 15.4. The number of likely N-dealkylation sites (tertiary alicyclic amines) is 1. The molecular formula is C24H30N6O2. The van der Waals surface area contributed by atoms with E-state index < -0.39 is 0 Å². The summed E-state index contributed by atoms with van der Waals surface area (Å²) in [5.74, 6) is 1.63. The number of amides is 1. The molecule has 3 heterocycles. The molecule has 1 aromatic carbocycles. The largest absolute Gasteiger partial charge is 0.497 e. The molecule has 1 saturated heterocycles. The van der Waals surface area contributed by atoms with Crippen molar-refractivity contribution in [2.75, 3.05) is 39.2 Å². The van der Waals surface area contributed by atoms with Crippen LogP contribution in [-0.2, 0) is 0 Å². The predicted octanol–water partition coefficient (Wildman–Crippen LogP) is 3.63. The van der Waals surface area contributed by atoms with Crippen LogP contribution in [0.2, 0.25) is 0 Å². The molecule has 0 unspecified atom stereocenters. The zero-order valence-corrected chi connectivity index (χ0v) is 19.3. The van der Waals surface area contributed by atoms with Gasteiger partial charge in [-0.2, -0.15) is 5.10 Å². The van der Waals surface area contributed by atoms with E-state index in [1.54, 1.807) is 24.1 Å². The molecule has 3 aromatic rings. The number of ether oxygens (including phenoxy) is 1. The standard InChI is InChI=1S/C24H30N6O2/c1-16(2)30-21(10-12-26-30)23(31)29-13-11-18(15-29)22-20(14-25-24(27-22)28(3)4)17-6-8-19(32-5)9-7-17/h6-10,12,14,16,18H,11,13,15H2,1-5H3/t18-/m1/s1. The zero-order chi connectivity index (χ0) is 22.8. The molecule has 0 aliphatic carbocycles. The minimum absolute atomic E-state index is 0.0200. The number of carbonyl (C=O) groups is 1. The molecule has 1 fully saturated rings. The van der Waals surface area contributed by atoms with Gasteiger partial charge in [-0.25, -0.2) is 9.97 Å². The van der Waals surface area contributed by atoms with E-state index in [-0.39, 0.29) is 17.9 Å². The Morgan fingerprint density at radius 2 is 1.94 bits per heavy atom. The summed E-state index contributed by atoms with van der Waals surface area (Å²) in [6.45, 7) is 5.37. The molecule has 0 N–H and O–H groups in total. The molecule has 1 aliphatic heterocycles. The molecule has 8 heteroatoms. The van der Waals surface area contributed by atoms with Crippen molar-refractivity contribution in [3.63, 3.8) is 0 Å². The van der Waals surface area contributed by atoms with Gasteiger partial charge in [0, 0.05) is 57.1 Å². The number of carbonyl (C=O) groups excluding carboxylic acids is 1. The molecular weight excluding hydrogens is 404 g/mol.